The maximum absolute atomic E-state index is 12.0. The van der Waals surface area contributed by atoms with Gasteiger partial charge in [0.05, 0.1) is 12.9 Å². The molecule has 10 nitrogen and oxygen atoms in total. The van der Waals surface area contributed by atoms with Crippen LogP contribution in [-0.4, -0.2) is 54.7 Å². The zero-order valence-electron chi connectivity index (χ0n) is 13.5. The van der Waals surface area contributed by atoms with Crippen LogP contribution in [0.2, 0.25) is 0 Å². The Morgan fingerprint density at radius 2 is 2.12 bits per heavy atom. The predicted octanol–water partition coefficient (Wildman–Crippen LogP) is -0.600. The Balaban J connectivity index is 1.77. The summed E-state index contributed by atoms with van der Waals surface area (Å²) in [6, 6.07) is 8.91. The first-order chi connectivity index (χ1) is 12.6. The third-order valence-corrected chi connectivity index (χ3v) is 4.23. The van der Waals surface area contributed by atoms with E-state index in [1.807, 2.05) is 6.07 Å². The molecule has 0 aliphatic carbocycles. The molecule has 1 aliphatic heterocycles. The van der Waals surface area contributed by atoms with E-state index in [0.29, 0.717) is 5.75 Å². The summed E-state index contributed by atoms with van der Waals surface area (Å²) in [6.07, 6.45) is -2.30. The van der Waals surface area contributed by atoms with Gasteiger partial charge in [-0.25, -0.2) is 4.98 Å². The van der Waals surface area contributed by atoms with Crippen molar-refractivity contribution >= 4 is 17.1 Å². The minimum atomic E-state index is -1.10. The van der Waals surface area contributed by atoms with E-state index in [9.17, 15) is 15.0 Å². The summed E-state index contributed by atoms with van der Waals surface area (Å²) >= 11 is 0. The van der Waals surface area contributed by atoms with Crippen LogP contribution in [0.25, 0.3) is 11.2 Å². The number of hydrogen-bond acceptors (Lipinski definition) is 8. The molecule has 10 heteroatoms. The molecule has 3 aromatic rings. The molecule has 2 aromatic heterocycles. The van der Waals surface area contributed by atoms with E-state index in [4.69, 9.17) is 15.2 Å². The van der Waals surface area contributed by atoms with Crippen LogP contribution < -0.4 is 16.0 Å². The van der Waals surface area contributed by atoms with Crippen molar-refractivity contribution in [1.29, 1.82) is 0 Å². The van der Waals surface area contributed by atoms with Gasteiger partial charge in [-0.3, -0.25) is 14.3 Å². The normalized spacial score (nSPS) is 25.6. The Morgan fingerprint density at radius 1 is 1.35 bits per heavy atom. The molecule has 4 atom stereocenters. The number of H-pyrrole nitrogens is 1. The summed E-state index contributed by atoms with van der Waals surface area (Å²) in [5, 5.41) is 20.0. The van der Waals surface area contributed by atoms with E-state index in [1.165, 1.54) is 10.9 Å². The van der Waals surface area contributed by atoms with Crippen molar-refractivity contribution in [2.75, 3.05) is 12.3 Å². The number of imidazole rings is 1. The number of aliphatic hydroxyl groups is 2. The maximum Gasteiger partial charge on any atom is 0.280 e. The molecule has 1 aromatic carbocycles. The summed E-state index contributed by atoms with van der Waals surface area (Å²) in [5.74, 6) is 0.459. The molecule has 136 valence electrons. The van der Waals surface area contributed by atoms with E-state index < -0.39 is 36.7 Å². The number of anilines is 1. The van der Waals surface area contributed by atoms with Gasteiger partial charge in [0.1, 0.15) is 18.0 Å². The molecule has 3 heterocycles. The number of rotatable bonds is 4. The van der Waals surface area contributed by atoms with Gasteiger partial charge in [-0.05, 0) is 12.1 Å². The van der Waals surface area contributed by atoms with Crippen molar-refractivity contribution < 1.29 is 19.7 Å². The van der Waals surface area contributed by atoms with Crippen molar-refractivity contribution in [3.63, 3.8) is 0 Å². The first-order valence-electron chi connectivity index (χ1n) is 7.97. The van der Waals surface area contributed by atoms with E-state index >= 15 is 0 Å². The Bertz CT molecular complexity index is 972. The second-order valence-corrected chi connectivity index (χ2v) is 5.91. The van der Waals surface area contributed by atoms with Crippen LogP contribution in [0.3, 0.4) is 0 Å². The van der Waals surface area contributed by atoms with Crippen molar-refractivity contribution in [3.05, 3.63) is 47.0 Å². The zero-order valence-corrected chi connectivity index (χ0v) is 13.5. The van der Waals surface area contributed by atoms with Gasteiger partial charge in [-0.1, -0.05) is 18.2 Å². The van der Waals surface area contributed by atoms with E-state index in [-0.39, 0.29) is 17.1 Å². The average Bonchev–Trinajstić information content (AvgIpc) is 3.18. The summed E-state index contributed by atoms with van der Waals surface area (Å²) in [6.45, 7) is -0.394. The molecule has 0 saturated carbocycles. The third kappa shape index (κ3) is 2.69. The summed E-state index contributed by atoms with van der Waals surface area (Å²) in [5.41, 5.74) is 5.42. The van der Waals surface area contributed by atoms with Gasteiger partial charge >= 0.3 is 0 Å². The number of aromatic amines is 1. The number of fused-ring (bicyclic) bond motifs is 1. The topological polar surface area (TPSA) is 149 Å². The number of aliphatic hydroxyl groups excluding tert-OH is 2. The molecule has 5 N–H and O–H groups in total. The molecule has 0 amide bonds. The number of aromatic nitrogens is 4. The fourth-order valence-electron chi connectivity index (χ4n) is 3.01. The van der Waals surface area contributed by atoms with Gasteiger partial charge in [0.15, 0.2) is 23.5 Å². The number of nitrogens with two attached hydrogens (primary N) is 1. The van der Waals surface area contributed by atoms with Crippen molar-refractivity contribution in [2.45, 2.75) is 24.5 Å². The standard InChI is InChI=1S/C16H17N5O5/c17-16-19-13-10(14(24)20-16)18-7-21(13)15-12(11(23)9(6-22)26-15)25-8-4-2-1-3-5-8/h1-5,7,9,11-12,15,22-23H,6H2,(H3,17,19,20,24)/t9-,11+,12-,15-/m1/s1. The number of benzene rings is 1. The lowest BCUT2D eigenvalue weighted by molar-refractivity contribution is -0.0487. The smallest absolute Gasteiger partial charge is 0.280 e. The molecular formula is C16H17N5O5. The number of para-hydroxylation sites is 1. The second-order valence-electron chi connectivity index (χ2n) is 5.91. The SMILES string of the molecule is Nc1nc2c(ncn2[C@@H]2O[C@H](CO)[C@H](O)[C@H]2Oc2ccccc2)c(=O)[nH]1. The molecular weight excluding hydrogens is 342 g/mol. The number of nitrogen functional groups attached to an aromatic ring is 1. The summed E-state index contributed by atoms with van der Waals surface area (Å²) in [4.78, 5) is 22.5. The minimum Gasteiger partial charge on any atom is -0.483 e. The van der Waals surface area contributed by atoms with Crippen LogP contribution in [0.1, 0.15) is 6.23 Å². The third-order valence-electron chi connectivity index (χ3n) is 4.23. The monoisotopic (exact) mass is 359 g/mol. The molecule has 0 spiro atoms. The van der Waals surface area contributed by atoms with Gasteiger partial charge in [0.2, 0.25) is 5.95 Å². The van der Waals surface area contributed by atoms with Gasteiger partial charge in [0.25, 0.3) is 5.56 Å². The van der Waals surface area contributed by atoms with Crippen molar-refractivity contribution in [1.82, 2.24) is 19.5 Å². The highest BCUT2D eigenvalue weighted by molar-refractivity contribution is 5.70. The molecule has 4 rings (SSSR count). The lowest BCUT2D eigenvalue weighted by Gasteiger charge is -2.23. The fraction of sp³-hybridized carbons (Fsp3) is 0.312. The minimum absolute atomic E-state index is 0.0676. The molecule has 1 fully saturated rings. The first-order valence-corrected chi connectivity index (χ1v) is 7.97. The highest BCUT2D eigenvalue weighted by Crippen LogP contribution is 2.34. The van der Waals surface area contributed by atoms with Crippen LogP contribution >= 0.6 is 0 Å². The van der Waals surface area contributed by atoms with Crippen LogP contribution in [0.4, 0.5) is 5.95 Å². The van der Waals surface area contributed by atoms with Gasteiger partial charge in [-0.2, -0.15) is 4.98 Å². The molecule has 26 heavy (non-hydrogen) atoms. The lowest BCUT2D eigenvalue weighted by atomic mass is 10.1. The Morgan fingerprint density at radius 3 is 2.85 bits per heavy atom. The van der Waals surface area contributed by atoms with Crippen LogP contribution in [0, 0.1) is 0 Å². The molecule has 1 saturated heterocycles. The Labute approximate surface area is 146 Å². The number of hydrogen-bond donors (Lipinski definition) is 4. The summed E-state index contributed by atoms with van der Waals surface area (Å²) < 4.78 is 13.1. The highest BCUT2D eigenvalue weighted by atomic mass is 16.6. The largest absolute Gasteiger partial charge is 0.483 e. The lowest BCUT2D eigenvalue weighted by Crippen LogP contribution is -2.37. The van der Waals surface area contributed by atoms with Crippen LogP contribution in [0.5, 0.6) is 5.75 Å². The Hall–Kier alpha value is -2.95. The second kappa shape index (κ2) is 6.41. The van der Waals surface area contributed by atoms with Gasteiger partial charge in [0, 0.05) is 0 Å². The van der Waals surface area contributed by atoms with Gasteiger partial charge < -0.3 is 25.4 Å². The fourth-order valence-corrected chi connectivity index (χ4v) is 3.01. The van der Waals surface area contributed by atoms with Crippen LogP contribution in [-0.2, 0) is 4.74 Å². The van der Waals surface area contributed by atoms with Crippen molar-refractivity contribution in [3.8, 4) is 5.75 Å². The number of nitrogens with one attached hydrogen (secondary N) is 1. The molecule has 0 radical (unpaired) electrons. The zero-order chi connectivity index (χ0) is 18.3. The van der Waals surface area contributed by atoms with E-state index in [0.717, 1.165) is 0 Å². The number of nitrogens with zero attached hydrogens (tertiary/aromatic N) is 3. The van der Waals surface area contributed by atoms with E-state index in [1.54, 1.807) is 24.3 Å². The maximum atomic E-state index is 12.0. The number of ether oxygens (including phenoxy) is 2. The van der Waals surface area contributed by atoms with Gasteiger partial charge in [-0.15, -0.1) is 0 Å². The molecule has 1 aliphatic rings. The van der Waals surface area contributed by atoms with Crippen molar-refractivity contribution in [2.24, 2.45) is 0 Å². The quantitative estimate of drug-likeness (QED) is 0.482. The molecule has 0 bridgehead atoms. The summed E-state index contributed by atoms with van der Waals surface area (Å²) in [7, 11) is 0. The predicted molar refractivity (Wildman–Crippen MR) is 90.4 cm³/mol. The van der Waals surface area contributed by atoms with E-state index in [2.05, 4.69) is 15.0 Å². The Kier molecular flexibility index (Phi) is 4.07. The average molecular weight is 359 g/mol. The van der Waals surface area contributed by atoms with Crippen LogP contribution in [0.15, 0.2) is 41.5 Å². The highest BCUT2D eigenvalue weighted by Gasteiger charge is 2.46. The molecule has 0 unspecified atom stereocenters. The first kappa shape index (κ1) is 16.5.